The van der Waals surface area contributed by atoms with Gasteiger partial charge in [-0.3, -0.25) is 0 Å². The largest absolute Gasteiger partial charge is 0.385 e. The zero-order valence-corrected chi connectivity index (χ0v) is 12.5. The first-order valence-corrected chi connectivity index (χ1v) is 8.18. The van der Waals surface area contributed by atoms with Crippen molar-refractivity contribution in [3.8, 4) is 0 Å². The van der Waals surface area contributed by atoms with Crippen LogP contribution in [-0.2, 0) is 4.74 Å². The molecule has 0 spiro atoms. The lowest BCUT2D eigenvalue weighted by molar-refractivity contribution is -0.119. The molecule has 1 aromatic rings. The van der Waals surface area contributed by atoms with Gasteiger partial charge in [0.2, 0.25) is 0 Å². The van der Waals surface area contributed by atoms with Gasteiger partial charge in [0.15, 0.2) is 0 Å². The quantitative estimate of drug-likeness (QED) is 0.865. The summed E-state index contributed by atoms with van der Waals surface area (Å²) in [5.74, 6) is 0.654. The number of benzene rings is 1. The van der Waals surface area contributed by atoms with Crippen LogP contribution in [0.5, 0.6) is 0 Å². The van der Waals surface area contributed by atoms with Gasteiger partial charge in [0.25, 0.3) is 0 Å². The molecule has 0 bridgehead atoms. The molecule has 1 atom stereocenters. The number of hydrogen-bond donors (Lipinski definition) is 1. The van der Waals surface area contributed by atoms with Gasteiger partial charge >= 0.3 is 0 Å². The molecule has 110 valence electrons. The Morgan fingerprint density at radius 3 is 2.50 bits per heavy atom. The number of rotatable bonds is 5. The Kier molecular flexibility index (Phi) is 4.13. The SMILES string of the molecule is CCOC1(C(O)c2ccccc2C2CCC2)CCCC1. The van der Waals surface area contributed by atoms with Crippen molar-refractivity contribution in [2.24, 2.45) is 0 Å². The molecule has 2 heteroatoms. The van der Waals surface area contributed by atoms with Crippen molar-refractivity contribution >= 4 is 0 Å². The van der Waals surface area contributed by atoms with Gasteiger partial charge in [0.05, 0.1) is 5.60 Å². The fourth-order valence-electron chi connectivity index (χ4n) is 3.89. The zero-order valence-electron chi connectivity index (χ0n) is 12.5. The summed E-state index contributed by atoms with van der Waals surface area (Å²) in [5, 5.41) is 11.0. The third kappa shape index (κ3) is 2.40. The molecule has 0 heterocycles. The lowest BCUT2D eigenvalue weighted by Gasteiger charge is -2.37. The van der Waals surface area contributed by atoms with Gasteiger partial charge in [-0.05, 0) is 49.7 Å². The number of aliphatic hydroxyl groups excluding tert-OH is 1. The topological polar surface area (TPSA) is 29.5 Å². The fraction of sp³-hybridized carbons (Fsp3) is 0.667. The lowest BCUT2D eigenvalue weighted by atomic mass is 9.75. The third-order valence-electron chi connectivity index (χ3n) is 5.22. The van der Waals surface area contributed by atoms with E-state index in [-0.39, 0.29) is 5.60 Å². The maximum absolute atomic E-state index is 11.0. The molecule has 2 aliphatic carbocycles. The van der Waals surface area contributed by atoms with Gasteiger partial charge < -0.3 is 9.84 Å². The molecular weight excluding hydrogens is 248 g/mol. The molecule has 3 rings (SSSR count). The minimum atomic E-state index is -0.471. The molecule has 0 aromatic heterocycles. The Morgan fingerprint density at radius 1 is 1.20 bits per heavy atom. The van der Waals surface area contributed by atoms with E-state index < -0.39 is 6.10 Å². The first-order valence-electron chi connectivity index (χ1n) is 8.18. The standard InChI is InChI=1S/C18H26O2/c1-2-20-18(12-5-6-13-18)17(19)16-11-4-3-10-15(16)14-8-7-9-14/h3-4,10-11,14,17,19H,2,5-9,12-13H2,1H3. The van der Waals surface area contributed by atoms with E-state index in [0.717, 1.165) is 18.4 Å². The Labute approximate surface area is 122 Å². The first kappa shape index (κ1) is 14.1. The van der Waals surface area contributed by atoms with Crippen LogP contribution >= 0.6 is 0 Å². The summed E-state index contributed by atoms with van der Waals surface area (Å²) >= 11 is 0. The Balaban J connectivity index is 1.90. The monoisotopic (exact) mass is 274 g/mol. The second-order valence-corrected chi connectivity index (χ2v) is 6.36. The van der Waals surface area contributed by atoms with Crippen molar-refractivity contribution in [3.63, 3.8) is 0 Å². The van der Waals surface area contributed by atoms with Gasteiger partial charge in [-0.25, -0.2) is 0 Å². The van der Waals surface area contributed by atoms with Crippen LogP contribution in [0.25, 0.3) is 0 Å². The van der Waals surface area contributed by atoms with Crippen LogP contribution in [0, 0.1) is 0 Å². The van der Waals surface area contributed by atoms with Crippen molar-refractivity contribution < 1.29 is 9.84 Å². The van der Waals surface area contributed by atoms with Crippen LogP contribution in [-0.4, -0.2) is 17.3 Å². The predicted molar refractivity (Wildman–Crippen MR) is 80.8 cm³/mol. The molecule has 0 aliphatic heterocycles. The molecular formula is C18H26O2. The number of ether oxygens (including phenoxy) is 1. The summed E-state index contributed by atoms with van der Waals surface area (Å²) in [6.07, 6.45) is 7.71. The molecule has 1 aromatic carbocycles. The predicted octanol–water partition coefficient (Wildman–Crippen LogP) is 4.34. The average molecular weight is 274 g/mol. The smallest absolute Gasteiger partial charge is 0.108 e. The summed E-state index contributed by atoms with van der Waals surface area (Å²) in [4.78, 5) is 0. The summed E-state index contributed by atoms with van der Waals surface area (Å²) in [5.41, 5.74) is 2.14. The molecule has 1 N–H and O–H groups in total. The number of hydrogen-bond acceptors (Lipinski definition) is 2. The van der Waals surface area contributed by atoms with E-state index in [1.54, 1.807) is 0 Å². The van der Waals surface area contributed by atoms with E-state index in [1.165, 1.54) is 37.7 Å². The molecule has 20 heavy (non-hydrogen) atoms. The Bertz CT molecular complexity index is 444. The van der Waals surface area contributed by atoms with E-state index in [1.807, 2.05) is 6.92 Å². The normalized spacial score (nSPS) is 23.5. The molecule has 2 saturated carbocycles. The van der Waals surface area contributed by atoms with Crippen molar-refractivity contribution in [3.05, 3.63) is 35.4 Å². The van der Waals surface area contributed by atoms with Crippen molar-refractivity contribution in [1.29, 1.82) is 0 Å². The molecule has 0 amide bonds. The Hall–Kier alpha value is -0.860. The van der Waals surface area contributed by atoms with Gasteiger partial charge in [-0.2, -0.15) is 0 Å². The van der Waals surface area contributed by atoms with E-state index >= 15 is 0 Å². The van der Waals surface area contributed by atoms with Gasteiger partial charge in [-0.1, -0.05) is 43.5 Å². The van der Waals surface area contributed by atoms with E-state index in [0.29, 0.717) is 12.5 Å². The van der Waals surface area contributed by atoms with E-state index in [2.05, 4.69) is 24.3 Å². The summed E-state index contributed by atoms with van der Waals surface area (Å²) < 4.78 is 6.04. The van der Waals surface area contributed by atoms with Crippen molar-refractivity contribution in [1.82, 2.24) is 0 Å². The maximum Gasteiger partial charge on any atom is 0.108 e. The van der Waals surface area contributed by atoms with Crippen LogP contribution in [0.3, 0.4) is 0 Å². The zero-order chi connectivity index (χ0) is 14.0. The summed E-state index contributed by atoms with van der Waals surface area (Å²) in [7, 11) is 0. The maximum atomic E-state index is 11.0. The van der Waals surface area contributed by atoms with E-state index in [4.69, 9.17) is 4.74 Å². The minimum Gasteiger partial charge on any atom is -0.385 e. The van der Waals surface area contributed by atoms with Crippen LogP contribution in [0.2, 0.25) is 0 Å². The first-order chi connectivity index (χ1) is 9.77. The van der Waals surface area contributed by atoms with Gasteiger partial charge in [-0.15, -0.1) is 0 Å². The average Bonchev–Trinajstić information content (AvgIpc) is 2.87. The van der Waals surface area contributed by atoms with Gasteiger partial charge in [0, 0.05) is 6.61 Å². The lowest BCUT2D eigenvalue weighted by Crippen LogP contribution is -2.37. The Morgan fingerprint density at radius 2 is 1.90 bits per heavy atom. The van der Waals surface area contributed by atoms with Crippen molar-refractivity contribution in [2.45, 2.75) is 69.5 Å². The molecule has 0 radical (unpaired) electrons. The molecule has 2 aliphatic rings. The minimum absolute atomic E-state index is 0.339. The number of aliphatic hydroxyl groups is 1. The molecule has 2 nitrogen and oxygen atoms in total. The molecule has 1 unspecified atom stereocenters. The van der Waals surface area contributed by atoms with Crippen LogP contribution in [0.15, 0.2) is 24.3 Å². The molecule has 0 saturated heterocycles. The highest BCUT2D eigenvalue weighted by Crippen LogP contribution is 2.46. The van der Waals surface area contributed by atoms with Crippen LogP contribution in [0.1, 0.15) is 75.0 Å². The van der Waals surface area contributed by atoms with Gasteiger partial charge in [0.1, 0.15) is 6.10 Å². The molecule has 2 fully saturated rings. The highest BCUT2D eigenvalue weighted by Gasteiger charge is 2.43. The summed E-state index contributed by atoms with van der Waals surface area (Å²) in [6.45, 7) is 2.72. The van der Waals surface area contributed by atoms with Crippen molar-refractivity contribution in [2.75, 3.05) is 6.61 Å². The second-order valence-electron chi connectivity index (χ2n) is 6.36. The highest BCUT2D eigenvalue weighted by molar-refractivity contribution is 5.35. The van der Waals surface area contributed by atoms with E-state index in [9.17, 15) is 5.11 Å². The summed E-state index contributed by atoms with van der Waals surface area (Å²) in [6, 6.07) is 8.47. The van der Waals surface area contributed by atoms with Crippen LogP contribution in [0.4, 0.5) is 0 Å². The highest BCUT2D eigenvalue weighted by atomic mass is 16.5. The fourth-order valence-corrected chi connectivity index (χ4v) is 3.89. The third-order valence-corrected chi connectivity index (χ3v) is 5.22. The second kappa shape index (κ2) is 5.87. The van der Waals surface area contributed by atoms with Crippen LogP contribution < -0.4 is 0 Å².